The van der Waals surface area contributed by atoms with E-state index in [2.05, 4.69) is 64.3 Å². The summed E-state index contributed by atoms with van der Waals surface area (Å²) in [6.45, 7) is 5.05. The second kappa shape index (κ2) is 7.10. The number of methoxy groups -OCH3 is 2. The number of nitrogens with zero attached hydrogens (tertiary/aromatic N) is 1. The van der Waals surface area contributed by atoms with Crippen molar-refractivity contribution in [3.05, 3.63) is 58.1 Å². The average Bonchev–Trinajstić information content (AvgIpc) is 2.89. The maximum Gasteiger partial charge on any atom is 0.223 e. The normalized spacial score (nSPS) is 22.2. The van der Waals surface area contributed by atoms with E-state index in [-0.39, 0.29) is 11.3 Å². The first-order valence-corrected chi connectivity index (χ1v) is 10.4. The number of nitrogens with one attached hydrogen (secondary N) is 1. The Balaban J connectivity index is 1.81. The minimum atomic E-state index is -0.640. The number of hydrogen-bond donors (Lipinski definition) is 1. The number of amides is 1. The SMILES string of the molecule is COc1ccc(C=CC23NC(=O)CCN2c2ccc(Br)cc2C3(C)C)cc1OC. The van der Waals surface area contributed by atoms with Gasteiger partial charge in [-0.05, 0) is 47.5 Å². The smallest absolute Gasteiger partial charge is 0.223 e. The fourth-order valence-electron chi connectivity index (χ4n) is 4.50. The van der Waals surface area contributed by atoms with Crippen LogP contribution in [0.4, 0.5) is 5.69 Å². The number of hydrogen-bond acceptors (Lipinski definition) is 4. The molecule has 1 atom stereocenters. The largest absolute Gasteiger partial charge is 0.493 e. The molecule has 1 unspecified atom stereocenters. The van der Waals surface area contributed by atoms with Gasteiger partial charge in [0.05, 0.1) is 14.2 Å². The van der Waals surface area contributed by atoms with Crippen LogP contribution in [0.3, 0.4) is 0 Å². The highest BCUT2D eigenvalue weighted by Gasteiger charge is 2.57. The zero-order valence-electron chi connectivity index (χ0n) is 17.1. The molecule has 152 valence electrons. The Morgan fingerprint density at radius 3 is 2.59 bits per heavy atom. The van der Waals surface area contributed by atoms with Crippen molar-refractivity contribution >= 4 is 33.6 Å². The highest BCUT2D eigenvalue weighted by molar-refractivity contribution is 9.10. The second-order valence-corrected chi connectivity index (χ2v) is 8.87. The molecule has 0 radical (unpaired) electrons. The third kappa shape index (κ3) is 3.01. The molecule has 5 nitrogen and oxygen atoms in total. The van der Waals surface area contributed by atoms with Crippen LogP contribution in [-0.2, 0) is 10.2 Å². The fourth-order valence-corrected chi connectivity index (χ4v) is 4.86. The first kappa shape index (κ1) is 19.8. The molecular weight excluding hydrogens is 432 g/mol. The fraction of sp³-hybridized carbons (Fsp3) is 0.348. The Labute approximate surface area is 179 Å². The van der Waals surface area contributed by atoms with Gasteiger partial charge >= 0.3 is 0 Å². The maximum atomic E-state index is 12.5. The summed E-state index contributed by atoms with van der Waals surface area (Å²) in [6, 6.07) is 12.1. The summed E-state index contributed by atoms with van der Waals surface area (Å²) in [5.41, 5.74) is 2.39. The minimum Gasteiger partial charge on any atom is -0.493 e. The van der Waals surface area contributed by atoms with Crippen molar-refractivity contribution in [3.8, 4) is 11.5 Å². The van der Waals surface area contributed by atoms with Gasteiger partial charge in [-0.25, -0.2) is 0 Å². The van der Waals surface area contributed by atoms with Gasteiger partial charge in [-0.2, -0.15) is 0 Å². The summed E-state index contributed by atoms with van der Waals surface area (Å²) in [6.07, 6.45) is 4.64. The van der Waals surface area contributed by atoms with Crippen molar-refractivity contribution in [2.75, 3.05) is 25.7 Å². The lowest BCUT2D eigenvalue weighted by molar-refractivity contribution is -0.124. The molecule has 0 saturated carbocycles. The molecule has 0 aliphatic carbocycles. The quantitative estimate of drug-likeness (QED) is 0.735. The predicted octanol–water partition coefficient (Wildman–Crippen LogP) is 4.49. The van der Waals surface area contributed by atoms with Crippen LogP contribution in [0.5, 0.6) is 11.5 Å². The van der Waals surface area contributed by atoms with E-state index in [4.69, 9.17) is 9.47 Å². The van der Waals surface area contributed by atoms with Gasteiger partial charge in [0, 0.05) is 28.5 Å². The molecule has 2 heterocycles. The van der Waals surface area contributed by atoms with Crippen molar-refractivity contribution in [1.82, 2.24) is 5.32 Å². The summed E-state index contributed by atoms with van der Waals surface area (Å²) in [5, 5.41) is 3.30. The molecular formula is C23H25BrN2O3. The molecule has 6 heteroatoms. The molecule has 1 N–H and O–H groups in total. The molecule has 1 saturated heterocycles. The van der Waals surface area contributed by atoms with Gasteiger partial charge in [-0.3, -0.25) is 4.79 Å². The van der Waals surface area contributed by atoms with E-state index in [1.54, 1.807) is 14.2 Å². The van der Waals surface area contributed by atoms with Crippen LogP contribution >= 0.6 is 15.9 Å². The van der Waals surface area contributed by atoms with Crippen LogP contribution < -0.4 is 19.7 Å². The maximum absolute atomic E-state index is 12.5. The number of rotatable bonds is 4. The molecule has 4 rings (SSSR count). The molecule has 1 fully saturated rings. The summed E-state index contributed by atoms with van der Waals surface area (Å²) in [5.74, 6) is 1.43. The van der Waals surface area contributed by atoms with Crippen LogP contribution in [0.1, 0.15) is 31.4 Å². The van der Waals surface area contributed by atoms with Crippen LogP contribution in [0, 0.1) is 0 Å². The van der Waals surface area contributed by atoms with E-state index >= 15 is 0 Å². The Bertz CT molecular complexity index is 1000. The van der Waals surface area contributed by atoms with Gasteiger partial charge < -0.3 is 19.7 Å². The Morgan fingerprint density at radius 2 is 1.86 bits per heavy atom. The van der Waals surface area contributed by atoms with Crippen molar-refractivity contribution < 1.29 is 14.3 Å². The molecule has 2 aliphatic rings. The number of halogens is 1. The van der Waals surface area contributed by atoms with E-state index in [0.29, 0.717) is 24.5 Å². The van der Waals surface area contributed by atoms with E-state index in [0.717, 1.165) is 15.7 Å². The average molecular weight is 457 g/mol. The van der Waals surface area contributed by atoms with Gasteiger partial charge in [0.2, 0.25) is 5.91 Å². The zero-order chi connectivity index (χ0) is 20.8. The van der Waals surface area contributed by atoms with Crippen molar-refractivity contribution in [3.63, 3.8) is 0 Å². The molecule has 29 heavy (non-hydrogen) atoms. The van der Waals surface area contributed by atoms with Gasteiger partial charge in [0.25, 0.3) is 0 Å². The van der Waals surface area contributed by atoms with Crippen LogP contribution in [0.25, 0.3) is 6.08 Å². The van der Waals surface area contributed by atoms with Crippen LogP contribution in [0.2, 0.25) is 0 Å². The lowest BCUT2D eigenvalue weighted by Gasteiger charge is -2.49. The highest BCUT2D eigenvalue weighted by Crippen LogP contribution is 2.53. The molecule has 0 spiro atoms. The summed E-state index contributed by atoms with van der Waals surface area (Å²) in [4.78, 5) is 14.8. The van der Waals surface area contributed by atoms with E-state index in [9.17, 15) is 4.79 Å². The molecule has 2 aromatic carbocycles. The number of carbonyl (C=O) groups is 1. The third-order valence-electron chi connectivity index (χ3n) is 6.12. The molecule has 0 aromatic heterocycles. The minimum absolute atomic E-state index is 0.0677. The van der Waals surface area contributed by atoms with Crippen molar-refractivity contribution in [2.24, 2.45) is 0 Å². The summed E-state index contributed by atoms with van der Waals surface area (Å²) < 4.78 is 11.8. The van der Waals surface area contributed by atoms with Crippen LogP contribution in [0.15, 0.2) is 46.9 Å². The Hall–Kier alpha value is -2.47. The second-order valence-electron chi connectivity index (χ2n) is 7.95. The summed E-state index contributed by atoms with van der Waals surface area (Å²) in [7, 11) is 3.25. The number of carbonyl (C=O) groups excluding carboxylic acids is 1. The zero-order valence-corrected chi connectivity index (χ0v) is 18.7. The first-order valence-electron chi connectivity index (χ1n) is 9.62. The molecule has 2 aromatic rings. The number of benzene rings is 2. The van der Waals surface area contributed by atoms with E-state index < -0.39 is 5.66 Å². The Morgan fingerprint density at radius 1 is 1.10 bits per heavy atom. The van der Waals surface area contributed by atoms with Crippen molar-refractivity contribution in [1.29, 1.82) is 0 Å². The predicted molar refractivity (Wildman–Crippen MR) is 119 cm³/mol. The number of anilines is 1. The summed E-state index contributed by atoms with van der Waals surface area (Å²) >= 11 is 3.60. The highest BCUT2D eigenvalue weighted by atomic mass is 79.9. The van der Waals surface area contributed by atoms with Gasteiger partial charge in [0.1, 0.15) is 5.66 Å². The monoisotopic (exact) mass is 456 g/mol. The molecule has 0 bridgehead atoms. The van der Waals surface area contributed by atoms with Crippen molar-refractivity contribution in [2.45, 2.75) is 31.3 Å². The first-order chi connectivity index (χ1) is 13.8. The molecule has 2 aliphatic heterocycles. The van der Waals surface area contributed by atoms with Gasteiger partial charge in [-0.15, -0.1) is 0 Å². The third-order valence-corrected chi connectivity index (χ3v) is 6.61. The lowest BCUT2D eigenvalue weighted by atomic mass is 9.74. The van der Waals surface area contributed by atoms with Gasteiger partial charge in [-0.1, -0.05) is 41.9 Å². The van der Waals surface area contributed by atoms with E-state index in [1.807, 2.05) is 24.3 Å². The topological polar surface area (TPSA) is 50.8 Å². The molecule has 1 amide bonds. The lowest BCUT2D eigenvalue weighted by Crippen LogP contribution is -2.68. The number of ether oxygens (including phenoxy) is 2. The van der Waals surface area contributed by atoms with Crippen LogP contribution in [-0.4, -0.2) is 32.3 Å². The number of fused-ring (bicyclic) bond motifs is 3. The Kier molecular flexibility index (Phi) is 4.85. The van der Waals surface area contributed by atoms with E-state index in [1.165, 1.54) is 5.56 Å². The standard InChI is InChI=1S/C23H25BrN2O3/c1-22(2)17-14-16(24)6-7-18(17)26-12-10-21(27)25-23(22,26)11-9-15-5-8-19(28-3)20(13-15)29-4/h5-9,11,13-14H,10,12H2,1-4H3,(H,25,27). The van der Waals surface area contributed by atoms with Gasteiger partial charge in [0.15, 0.2) is 11.5 Å².